The number of carbonyl (C=O) groups excluding carboxylic acids is 4. The molecule has 0 saturated carbocycles. The summed E-state index contributed by atoms with van der Waals surface area (Å²) >= 11 is 0.815. The summed E-state index contributed by atoms with van der Waals surface area (Å²) in [4.78, 5) is 50.0. The summed E-state index contributed by atoms with van der Waals surface area (Å²) in [5, 5.41) is 1.37. The van der Waals surface area contributed by atoms with Crippen molar-refractivity contribution in [3.63, 3.8) is 0 Å². The van der Waals surface area contributed by atoms with Gasteiger partial charge in [-0.15, -0.1) is 0 Å². The molecule has 1 atom stereocenters. The van der Waals surface area contributed by atoms with Crippen LogP contribution in [-0.4, -0.2) is 35.4 Å². The topological polar surface area (TPSA) is 92.8 Å². The van der Waals surface area contributed by atoms with Crippen molar-refractivity contribution in [3.05, 3.63) is 60.2 Å². The van der Waals surface area contributed by atoms with Crippen LogP contribution in [-0.2, 0) is 14.3 Å². The highest BCUT2D eigenvalue weighted by Crippen LogP contribution is 2.33. The Morgan fingerprint density at radius 2 is 1.74 bits per heavy atom. The summed E-state index contributed by atoms with van der Waals surface area (Å²) in [5.74, 6) is -1.49. The van der Waals surface area contributed by atoms with Crippen LogP contribution in [0.4, 0.5) is 16.2 Å². The molecule has 27 heavy (non-hydrogen) atoms. The number of thioether (sulfide) groups is 1. The summed E-state index contributed by atoms with van der Waals surface area (Å²) in [6, 6.07) is 15.0. The molecule has 0 radical (unpaired) electrons. The number of rotatable bonds is 5. The Labute approximate surface area is 159 Å². The molecule has 3 rings (SSSR count). The number of benzene rings is 2. The van der Waals surface area contributed by atoms with Gasteiger partial charge in [-0.05, 0) is 36.0 Å². The summed E-state index contributed by atoms with van der Waals surface area (Å²) in [7, 11) is 1.25. The number of ether oxygens (including phenoxy) is 1. The third-order valence-corrected chi connectivity index (χ3v) is 4.95. The first-order chi connectivity index (χ1) is 13.0. The maximum absolute atomic E-state index is 12.6. The van der Waals surface area contributed by atoms with E-state index in [-0.39, 0.29) is 17.7 Å². The SMILES string of the molecule is COC(=O)c1ccccc1NC(=O)CC1SC(=O)N(c2ccccc2)C1=O. The predicted molar refractivity (Wildman–Crippen MR) is 102 cm³/mol. The molecule has 0 spiro atoms. The van der Waals surface area contributed by atoms with Crippen LogP contribution in [0, 0.1) is 0 Å². The zero-order chi connectivity index (χ0) is 19.4. The first-order valence-corrected chi connectivity index (χ1v) is 8.96. The van der Waals surface area contributed by atoms with E-state index in [4.69, 9.17) is 0 Å². The lowest BCUT2D eigenvalue weighted by Gasteiger charge is -2.14. The molecule has 3 amide bonds. The third kappa shape index (κ3) is 4.01. The lowest BCUT2D eigenvalue weighted by atomic mass is 10.1. The zero-order valence-corrected chi connectivity index (χ0v) is 15.2. The number of nitrogens with zero attached hydrogens (tertiary/aromatic N) is 1. The van der Waals surface area contributed by atoms with Crippen LogP contribution < -0.4 is 10.2 Å². The van der Waals surface area contributed by atoms with E-state index in [2.05, 4.69) is 10.1 Å². The summed E-state index contributed by atoms with van der Waals surface area (Å²) in [6.07, 6.45) is -0.186. The Morgan fingerprint density at radius 3 is 2.44 bits per heavy atom. The van der Waals surface area contributed by atoms with Gasteiger partial charge in [0.25, 0.3) is 5.24 Å². The second-order valence-corrected chi connectivity index (χ2v) is 6.83. The molecule has 1 saturated heterocycles. The maximum atomic E-state index is 12.6. The first-order valence-electron chi connectivity index (χ1n) is 8.08. The lowest BCUT2D eigenvalue weighted by molar-refractivity contribution is -0.121. The van der Waals surface area contributed by atoms with E-state index in [0.29, 0.717) is 5.69 Å². The van der Waals surface area contributed by atoms with Crippen LogP contribution in [0.1, 0.15) is 16.8 Å². The Balaban J connectivity index is 1.70. The van der Waals surface area contributed by atoms with Gasteiger partial charge in [0.2, 0.25) is 11.8 Å². The molecule has 1 unspecified atom stereocenters. The Kier molecular flexibility index (Phi) is 5.56. The highest BCUT2D eigenvalue weighted by molar-refractivity contribution is 8.15. The van der Waals surface area contributed by atoms with Crippen molar-refractivity contribution in [2.75, 3.05) is 17.3 Å². The number of amides is 3. The largest absolute Gasteiger partial charge is 0.465 e. The zero-order valence-electron chi connectivity index (χ0n) is 14.4. The molecule has 7 nitrogen and oxygen atoms in total. The molecule has 8 heteroatoms. The van der Waals surface area contributed by atoms with Crippen molar-refractivity contribution >= 4 is 46.2 Å². The summed E-state index contributed by atoms with van der Waals surface area (Å²) < 4.78 is 4.69. The van der Waals surface area contributed by atoms with Gasteiger partial charge in [0.15, 0.2) is 0 Å². The number of esters is 1. The highest BCUT2D eigenvalue weighted by Gasteiger charge is 2.41. The number of carbonyl (C=O) groups is 4. The average molecular weight is 384 g/mol. The monoisotopic (exact) mass is 384 g/mol. The second-order valence-electron chi connectivity index (χ2n) is 5.67. The van der Waals surface area contributed by atoms with Gasteiger partial charge < -0.3 is 10.1 Å². The van der Waals surface area contributed by atoms with E-state index in [1.165, 1.54) is 13.2 Å². The summed E-state index contributed by atoms with van der Waals surface area (Å²) in [6.45, 7) is 0. The van der Waals surface area contributed by atoms with Gasteiger partial charge in [0.05, 0.1) is 24.0 Å². The van der Waals surface area contributed by atoms with E-state index < -0.39 is 28.3 Å². The van der Waals surface area contributed by atoms with Crippen LogP contribution in [0.5, 0.6) is 0 Å². The number of anilines is 2. The maximum Gasteiger partial charge on any atom is 0.339 e. The molecule has 1 N–H and O–H groups in total. The minimum atomic E-state index is -0.817. The molecule has 1 fully saturated rings. The van der Waals surface area contributed by atoms with E-state index in [0.717, 1.165) is 16.7 Å². The van der Waals surface area contributed by atoms with Gasteiger partial charge in [-0.2, -0.15) is 0 Å². The van der Waals surface area contributed by atoms with Crippen LogP contribution in [0.2, 0.25) is 0 Å². The Hall–Kier alpha value is -3.13. The van der Waals surface area contributed by atoms with E-state index in [1.807, 2.05) is 0 Å². The lowest BCUT2D eigenvalue weighted by Crippen LogP contribution is -2.33. The molecule has 1 aliphatic rings. The van der Waals surface area contributed by atoms with Crippen molar-refractivity contribution in [1.29, 1.82) is 0 Å². The summed E-state index contributed by atoms with van der Waals surface area (Å²) in [5.41, 5.74) is 0.968. The van der Waals surface area contributed by atoms with Crippen LogP contribution in [0.15, 0.2) is 54.6 Å². The van der Waals surface area contributed by atoms with Gasteiger partial charge >= 0.3 is 5.97 Å². The third-order valence-electron chi connectivity index (χ3n) is 3.91. The van der Waals surface area contributed by atoms with Crippen molar-refractivity contribution in [2.24, 2.45) is 0 Å². The Bertz CT molecular complexity index is 900. The molecule has 1 aliphatic heterocycles. The quantitative estimate of drug-likeness (QED) is 0.797. The van der Waals surface area contributed by atoms with E-state index in [1.54, 1.807) is 48.5 Å². The molecular weight excluding hydrogens is 368 g/mol. The first kappa shape index (κ1) is 18.7. The molecule has 2 aromatic rings. The van der Waals surface area contributed by atoms with Crippen molar-refractivity contribution < 1.29 is 23.9 Å². The van der Waals surface area contributed by atoms with Gasteiger partial charge in [-0.3, -0.25) is 14.4 Å². The van der Waals surface area contributed by atoms with Gasteiger partial charge in [-0.1, -0.05) is 30.3 Å². The van der Waals surface area contributed by atoms with E-state index in [9.17, 15) is 19.2 Å². The number of nitrogens with one attached hydrogen (secondary N) is 1. The van der Waals surface area contributed by atoms with Crippen LogP contribution in [0.3, 0.4) is 0 Å². The van der Waals surface area contributed by atoms with Crippen LogP contribution >= 0.6 is 11.8 Å². The Morgan fingerprint density at radius 1 is 1.07 bits per heavy atom. The fraction of sp³-hybridized carbons (Fsp3) is 0.158. The highest BCUT2D eigenvalue weighted by atomic mass is 32.2. The number of methoxy groups -OCH3 is 1. The molecule has 1 heterocycles. The number of hydrogen-bond donors (Lipinski definition) is 1. The van der Waals surface area contributed by atoms with Crippen molar-refractivity contribution in [1.82, 2.24) is 0 Å². The van der Waals surface area contributed by atoms with Crippen molar-refractivity contribution in [3.8, 4) is 0 Å². The molecule has 2 aromatic carbocycles. The smallest absolute Gasteiger partial charge is 0.339 e. The average Bonchev–Trinajstić information content (AvgIpc) is 2.95. The minimum Gasteiger partial charge on any atom is -0.465 e. The van der Waals surface area contributed by atoms with E-state index >= 15 is 0 Å². The molecule has 0 aliphatic carbocycles. The molecule has 138 valence electrons. The minimum absolute atomic E-state index is 0.186. The normalized spacial score (nSPS) is 16.3. The van der Waals surface area contributed by atoms with Gasteiger partial charge in [0.1, 0.15) is 5.25 Å². The van der Waals surface area contributed by atoms with Gasteiger partial charge in [0, 0.05) is 6.42 Å². The molecular formula is C19H16N2O5S. The van der Waals surface area contributed by atoms with Gasteiger partial charge in [-0.25, -0.2) is 9.69 Å². The molecule has 0 aromatic heterocycles. The number of para-hydroxylation sites is 2. The fourth-order valence-electron chi connectivity index (χ4n) is 2.65. The predicted octanol–water partition coefficient (Wildman–Crippen LogP) is 3.07. The van der Waals surface area contributed by atoms with Crippen molar-refractivity contribution in [2.45, 2.75) is 11.7 Å². The van der Waals surface area contributed by atoms with Crippen LogP contribution in [0.25, 0.3) is 0 Å². The molecule has 0 bridgehead atoms. The fourth-order valence-corrected chi connectivity index (χ4v) is 3.63. The standard InChI is InChI=1S/C19H16N2O5S/c1-26-18(24)13-9-5-6-10-14(13)20-16(22)11-15-17(23)21(19(25)27-15)12-7-3-2-4-8-12/h2-10,15H,11H2,1H3,(H,20,22). The number of hydrogen-bond acceptors (Lipinski definition) is 6. The second kappa shape index (κ2) is 8.05. The number of imide groups is 1.